The molecule has 1 saturated heterocycles. The fourth-order valence-corrected chi connectivity index (χ4v) is 2.96. The van der Waals surface area contributed by atoms with Crippen molar-refractivity contribution in [3.8, 4) is 0 Å². The highest BCUT2D eigenvalue weighted by atomic mass is 19.1. The van der Waals surface area contributed by atoms with Gasteiger partial charge in [-0.2, -0.15) is 0 Å². The summed E-state index contributed by atoms with van der Waals surface area (Å²) >= 11 is 0. The van der Waals surface area contributed by atoms with Crippen LogP contribution in [0.5, 0.6) is 0 Å². The van der Waals surface area contributed by atoms with Gasteiger partial charge in [-0.05, 0) is 41.8 Å². The van der Waals surface area contributed by atoms with Crippen LogP contribution in [0.4, 0.5) is 10.1 Å². The van der Waals surface area contributed by atoms with Crippen LogP contribution >= 0.6 is 0 Å². The molecule has 2 amide bonds. The first-order valence-corrected chi connectivity index (χ1v) is 9.34. The number of benzene rings is 2. The van der Waals surface area contributed by atoms with Gasteiger partial charge in [0, 0.05) is 31.9 Å². The third kappa shape index (κ3) is 5.79. The zero-order valence-corrected chi connectivity index (χ0v) is 15.6. The van der Waals surface area contributed by atoms with Gasteiger partial charge in [-0.1, -0.05) is 24.3 Å². The van der Waals surface area contributed by atoms with Gasteiger partial charge in [0.15, 0.2) is 0 Å². The topological polar surface area (TPSA) is 70.7 Å². The van der Waals surface area contributed by atoms with Crippen LogP contribution in [0, 0.1) is 5.82 Å². The Kier molecular flexibility index (Phi) is 6.97. The van der Waals surface area contributed by atoms with Crippen LogP contribution in [0.1, 0.15) is 11.1 Å². The normalized spacial score (nSPS) is 13.8. The molecule has 0 spiro atoms. The van der Waals surface area contributed by atoms with Crippen molar-refractivity contribution in [2.45, 2.75) is 13.0 Å². The molecule has 6 nitrogen and oxygen atoms in total. The Balaban J connectivity index is 1.38. The molecule has 3 rings (SSSR count). The Bertz CT molecular complexity index is 788. The maximum atomic E-state index is 12.9. The van der Waals surface area contributed by atoms with E-state index >= 15 is 0 Å². The SMILES string of the molecule is O=C(NCCc1ccc(N2CCOCC2)cc1)C(=O)NCc1ccc(F)cc1. The molecule has 0 radical (unpaired) electrons. The lowest BCUT2D eigenvalue weighted by molar-refractivity contribution is -0.139. The third-order valence-corrected chi connectivity index (χ3v) is 4.58. The van der Waals surface area contributed by atoms with Crippen LogP contribution in [0.2, 0.25) is 0 Å². The molecule has 0 saturated carbocycles. The molecular weight excluding hydrogens is 361 g/mol. The maximum absolute atomic E-state index is 12.9. The van der Waals surface area contributed by atoms with Gasteiger partial charge in [0.2, 0.25) is 0 Å². The molecule has 2 aromatic rings. The second-order valence-electron chi connectivity index (χ2n) is 6.58. The van der Waals surface area contributed by atoms with Crippen LogP contribution in [-0.2, 0) is 27.3 Å². The largest absolute Gasteiger partial charge is 0.378 e. The Labute approximate surface area is 163 Å². The number of hydrogen-bond acceptors (Lipinski definition) is 4. The standard InChI is InChI=1S/C21H24FN3O3/c22-18-5-1-17(2-6-18)15-24-21(27)20(26)23-10-9-16-3-7-19(8-4-16)25-11-13-28-14-12-25/h1-8H,9-15H2,(H,23,26)(H,24,27). The molecule has 0 aliphatic carbocycles. The van der Waals surface area contributed by atoms with Crippen LogP contribution < -0.4 is 15.5 Å². The van der Waals surface area contributed by atoms with Crippen molar-refractivity contribution < 1.29 is 18.7 Å². The molecule has 28 heavy (non-hydrogen) atoms. The van der Waals surface area contributed by atoms with Gasteiger partial charge in [-0.3, -0.25) is 9.59 Å². The van der Waals surface area contributed by atoms with Crippen LogP contribution in [-0.4, -0.2) is 44.7 Å². The number of rotatable bonds is 6. The molecule has 2 N–H and O–H groups in total. The molecule has 148 valence electrons. The van der Waals surface area contributed by atoms with Gasteiger partial charge in [-0.15, -0.1) is 0 Å². The Morgan fingerprint density at radius 1 is 0.893 bits per heavy atom. The highest BCUT2D eigenvalue weighted by molar-refractivity contribution is 6.35. The maximum Gasteiger partial charge on any atom is 0.309 e. The summed E-state index contributed by atoms with van der Waals surface area (Å²) in [5.41, 5.74) is 2.98. The summed E-state index contributed by atoms with van der Waals surface area (Å²) < 4.78 is 18.2. The second-order valence-corrected chi connectivity index (χ2v) is 6.58. The zero-order chi connectivity index (χ0) is 19.8. The number of amides is 2. The van der Waals surface area contributed by atoms with Gasteiger partial charge < -0.3 is 20.3 Å². The van der Waals surface area contributed by atoms with Crippen molar-refractivity contribution in [1.82, 2.24) is 10.6 Å². The quantitative estimate of drug-likeness (QED) is 0.742. The van der Waals surface area contributed by atoms with Gasteiger partial charge >= 0.3 is 11.8 Å². The van der Waals surface area contributed by atoms with E-state index in [-0.39, 0.29) is 12.4 Å². The molecule has 1 aliphatic rings. The lowest BCUT2D eigenvalue weighted by atomic mass is 10.1. The van der Waals surface area contributed by atoms with E-state index in [9.17, 15) is 14.0 Å². The summed E-state index contributed by atoms with van der Waals surface area (Å²) in [6.45, 7) is 3.83. The molecule has 0 bridgehead atoms. The summed E-state index contributed by atoms with van der Waals surface area (Å²) in [6, 6.07) is 14.0. The van der Waals surface area contributed by atoms with Crippen molar-refractivity contribution in [2.75, 3.05) is 37.7 Å². The van der Waals surface area contributed by atoms with E-state index in [1.165, 1.54) is 12.1 Å². The minimum Gasteiger partial charge on any atom is -0.378 e. The van der Waals surface area contributed by atoms with E-state index in [1.54, 1.807) is 12.1 Å². The molecule has 1 aliphatic heterocycles. The average Bonchev–Trinajstić information content (AvgIpc) is 2.74. The number of morpholine rings is 1. The highest BCUT2D eigenvalue weighted by Crippen LogP contribution is 2.16. The summed E-state index contributed by atoms with van der Waals surface area (Å²) in [5, 5.41) is 5.14. The minimum atomic E-state index is -0.702. The van der Waals surface area contributed by atoms with E-state index in [0.29, 0.717) is 13.0 Å². The highest BCUT2D eigenvalue weighted by Gasteiger charge is 2.13. The fourth-order valence-electron chi connectivity index (χ4n) is 2.96. The molecule has 0 unspecified atom stereocenters. The van der Waals surface area contributed by atoms with Crippen LogP contribution in [0.25, 0.3) is 0 Å². The predicted octanol–water partition coefficient (Wildman–Crippen LogP) is 1.64. The number of hydrogen-bond donors (Lipinski definition) is 2. The molecule has 1 heterocycles. The van der Waals surface area contributed by atoms with E-state index in [2.05, 4.69) is 27.7 Å². The van der Waals surface area contributed by atoms with Crippen molar-refractivity contribution in [2.24, 2.45) is 0 Å². The van der Waals surface area contributed by atoms with Crippen molar-refractivity contribution >= 4 is 17.5 Å². The van der Waals surface area contributed by atoms with E-state index < -0.39 is 11.8 Å². The van der Waals surface area contributed by atoms with Crippen LogP contribution in [0.3, 0.4) is 0 Å². The molecule has 0 aromatic heterocycles. The number of carbonyl (C=O) groups is 2. The summed E-state index contributed by atoms with van der Waals surface area (Å²) in [4.78, 5) is 26.0. The minimum absolute atomic E-state index is 0.176. The molecule has 1 fully saturated rings. The van der Waals surface area contributed by atoms with Crippen molar-refractivity contribution in [3.05, 3.63) is 65.5 Å². The number of nitrogens with zero attached hydrogens (tertiary/aromatic N) is 1. The number of ether oxygens (including phenoxy) is 1. The van der Waals surface area contributed by atoms with Gasteiger partial charge in [0.1, 0.15) is 5.82 Å². The van der Waals surface area contributed by atoms with Crippen molar-refractivity contribution in [1.29, 1.82) is 0 Å². The number of nitrogens with one attached hydrogen (secondary N) is 2. The first-order valence-electron chi connectivity index (χ1n) is 9.34. The average molecular weight is 385 g/mol. The summed E-state index contributed by atoms with van der Waals surface area (Å²) in [6.07, 6.45) is 0.639. The lowest BCUT2D eigenvalue weighted by Gasteiger charge is -2.28. The van der Waals surface area contributed by atoms with E-state index in [4.69, 9.17) is 4.74 Å². The predicted molar refractivity (Wildman–Crippen MR) is 104 cm³/mol. The summed E-state index contributed by atoms with van der Waals surface area (Å²) in [5.74, 6) is -1.72. The monoisotopic (exact) mass is 385 g/mol. The second kappa shape index (κ2) is 9.85. The molecule has 2 aromatic carbocycles. The first-order chi connectivity index (χ1) is 13.6. The lowest BCUT2D eigenvalue weighted by Crippen LogP contribution is -2.40. The zero-order valence-electron chi connectivity index (χ0n) is 15.6. The number of halogens is 1. The van der Waals surface area contributed by atoms with Crippen LogP contribution in [0.15, 0.2) is 48.5 Å². The smallest absolute Gasteiger partial charge is 0.309 e. The van der Waals surface area contributed by atoms with Gasteiger partial charge in [-0.25, -0.2) is 4.39 Å². The molecular formula is C21H24FN3O3. The number of anilines is 1. The van der Waals surface area contributed by atoms with Crippen molar-refractivity contribution in [3.63, 3.8) is 0 Å². The third-order valence-electron chi connectivity index (χ3n) is 4.58. The Hall–Kier alpha value is -2.93. The molecule has 0 atom stereocenters. The summed E-state index contributed by atoms with van der Waals surface area (Å²) in [7, 11) is 0. The Morgan fingerprint density at radius 2 is 1.50 bits per heavy atom. The first kappa shape index (κ1) is 19.8. The molecule has 7 heteroatoms. The van der Waals surface area contributed by atoms with Gasteiger partial charge in [0.05, 0.1) is 13.2 Å². The number of carbonyl (C=O) groups excluding carboxylic acids is 2. The fraction of sp³-hybridized carbons (Fsp3) is 0.333. The Morgan fingerprint density at radius 3 is 2.18 bits per heavy atom. The van der Waals surface area contributed by atoms with E-state index in [1.807, 2.05) is 12.1 Å². The van der Waals surface area contributed by atoms with Gasteiger partial charge in [0.25, 0.3) is 0 Å². The van der Waals surface area contributed by atoms with E-state index in [0.717, 1.165) is 43.1 Å².